The fraction of sp³-hybridized carbons (Fsp3) is 0.900. The largest absolute Gasteiger partial charge is 1.00 e. The first-order valence-corrected chi connectivity index (χ1v) is 6.44. The molecule has 1 rings (SSSR count). The van der Waals surface area contributed by atoms with E-state index in [0.717, 1.165) is 5.88 Å². The highest BCUT2D eigenvalue weighted by atomic mass is 35.5. The van der Waals surface area contributed by atoms with Crippen LogP contribution in [-0.2, 0) is 9.53 Å². The lowest BCUT2D eigenvalue weighted by atomic mass is 10.1. The van der Waals surface area contributed by atoms with E-state index >= 15 is 0 Å². The van der Waals surface area contributed by atoms with Crippen LogP contribution in [0.2, 0.25) is 0 Å². The van der Waals surface area contributed by atoms with Gasteiger partial charge in [-0.3, -0.25) is 9.69 Å². The first-order chi connectivity index (χ1) is 6.83. The van der Waals surface area contributed by atoms with Crippen LogP contribution in [0.4, 0.5) is 0 Å². The quantitative estimate of drug-likeness (QED) is 0.571. The van der Waals surface area contributed by atoms with Crippen molar-refractivity contribution in [1.29, 1.82) is 0 Å². The topological polar surface area (TPSA) is 29.5 Å². The summed E-state index contributed by atoms with van der Waals surface area (Å²) >= 11 is 1.66. The molecular formula is C10H19ClNO2S-. The van der Waals surface area contributed by atoms with Crippen molar-refractivity contribution >= 4 is 17.7 Å². The molecule has 0 unspecified atom stereocenters. The second kappa shape index (κ2) is 9.31. The molecule has 0 spiro atoms. The van der Waals surface area contributed by atoms with Gasteiger partial charge in [-0.25, -0.2) is 0 Å². The molecule has 5 heteroatoms. The Labute approximate surface area is 102 Å². The van der Waals surface area contributed by atoms with Gasteiger partial charge in [0.25, 0.3) is 0 Å². The zero-order chi connectivity index (χ0) is 10.2. The number of hydrogen-bond donors (Lipinski definition) is 0. The molecule has 0 saturated carbocycles. The van der Waals surface area contributed by atoms with E-state index < -0.39 is 0 Å². The number of esters is 1. The number of carbonyl (C=O) groups is 1. The number of thioether (sulfide) groups is 1. The van der Waals surface area contributed by atoms with E-state index in [1.54, 1.807) is 11.8 Å². The number of rotatable bonds is 5. The van der Waals surface area contributed by atoms with Gasteiger partial charge in [-0.15, -0.1) is 11.8 Å². The number of ether oxygens (including phenoxy) is 1. The Hall–Kier alpha value is 0.0700. The number of carbonyl (C=O) groups excluding carboxylic acids is 1. The van der Waals surface area contributed by atoms with Crippen molar-refractivity contribution in [3.05, 3.63) is 0 Å². The van der Waals surface area contributed by atoms with E-state index in [1.807, 2.05) is 6.92 Å². The maximum atomic E-state index is 11.0. The van der Waals surface area contributed by atoms with E-state index in [4.69, 9.17) is 4.74 Å². The molecule has 0 amide bonds. The average molecular weight is 253 g/mol. The zero-order valence-corrected chi connectivity index (χ0v) is 10.8. The third kappa shape index (κ3) is 7.03. The fourth-order valence-electron chi connectivity index (χ4n) is 1.55. The monoisotopic (exact) mass is 252 g/mol. The summed E-state index contributed by atoms with van der Waals surface area (Å²) in [6.07, 6.45) is 3.97. The number of nitrogens with zero attached hydrogens (tertiary/aromatic N) is 1. The molecule has 1 aliphatic heterocycles. The third-order valence-electron chi connectivity index (χ3n) is 2.25. The third-order valence-corrected chi connectivity index (χ3v) is 3.24. The van der Waals surface area contributed by atoms with E-state index in [-0.39, 0.29) is 18.4 Å². The Morgan fingerprint density at radius 1 is 1.33 bits per heavy atom. The summed E-state index contributed by atoms with van der Waals surface area (Å²) in [4.78, 5) is 13.4. The summed E-state index contributed by atoms with van der Waals surface area (Å²) in [5.41, 5.74) is 0. The standard InChI is InChI=1S/C10H19NO2S.ClH/c1-2-13-10(12)8-14-9-11-6-4-3-5-7-11;/h2-9H2,1H3;1H/p-1. The van der Waals surface area contributed by atoms with Crippen molar-refractivity contribution in [2.45, 2.75) is 26.2 Å². The zero-order valence-electron chi connectivity index (χ0n) is 9.21. The molecule has 0 aliphatic carbocycles. The Bertz CT molecular complexity index is 175. The molecule has 1 fully saturated rings. The molecule has 0 aromatic carbocycles. The molecule has 90 valence electrons. The van der Waals surface area contributed by atoms with E-state index in [1.165, 1.54) is 32.4 Å². The van der Waals surface area contributed by atoms with Gasteiger partial charge >= 0.3 is 5.97 Å². The lowest BCUT2D eigenvalue weighted by molar-refractivity contribution is -0.139. The summed E-state index contributed by atoms with van der Waals surface area (Å²) in [7, 11) is 0. The average Bonchev–Trinajstić information content (AvgIpc) is 2.20. The van der Waals surface area contributed by atoms with Gasteiger partial charge in [0.05, 0.1) is 12.4 Å². The summed E-state index contributed by atoms with van der Waals surface area (Å²) in [6, 6.07) is 0. The van der Waals surface area contributed by atoms with Gasteiger partial charge in [0, 0.05) is 5.88 Å². The number of likely N-dealkylation sites (tertiary alicyclic amines) is 1. The SMILES string of the molecule is CCOC(=O)CSCN1CCCCC1.[Cl-]. The van der Waals surface area contributed by atoms with Crippen molar-refractivity contribution < 1.29 is 21.9 Å². The molecule has 1 heterocycles. The van der Waals surface area contributed by atoms with Gasteiger partial charge in [0.15, 0.2) is 0 Å². The fourth-order valence-corrected chi connectivity index (χ4v) is 2.41. The van der Waals surface area contributed by atoms with Gasteiger partial charge in [-0.1, -0.05) is 6.42 Å². The maximum absolute atomic E-state index is 11.0. The summed E-state index contributed by atoms with van der Waals surface area (Å²) in [5.74, 6) is 1.37. The van der Waals surface area contributed by atoms with Gasteiger partial charge in [-0.05, 0) is 32.9 Å². The lowest BCUT2D eigenvalue weighted by Gasteiger charge is -2.25. The van der Waals surface area contributed by atoms with Crippen LogP contribution in [0.5, 0.6) is 0 Å². The van der Waals surface area contributed by atoms with E-state index in [9.17, 15) is 4.79 Å². The molecule has 3 nitrogen and oxygen atoms in total. The van der Waals surface area contributed by atoms with Crippen molar-refractivity contribution in [3.8, 4) is 0 Å². The molecule has 0 aromatic rings. The molecule has 0 bridgehead atoms. The molecule has 0 N–H and O–H groups in total. The highest BCUT2D eigenvalue weighted by Crippen LogP contribution is 2.12. The van der Waals surface area contributed by atoms with Crippen LogP contribution in [0, 0.1) is 0 Å². The second-order valence-corrected chi connectivity index (χ2v) is 4.42. The number of halogens is 1. The first-order valence-electron chi connectivity index (χ1n) is 5.28. The smallest absolute Gasteiger partial charge is 0.315 e. The van der Waals surface area contributed by atoms with Crippen molar-refractivity contribution in [2.24, 2.45) is 0 Å². The van der Waals surface area contributed by atoms with E-state index in [0.29, 0.717) is 12.4 Å². The minimum atomic E-state index is -0.0884. The van der Waals surface area contributed by atoms with Gasteiger partial charge in [0.1, 0.15) is 0 Å². The van der Waals surface area contributed by atoms with Crippen LogP contribution in [-0.4, -0.2) is 42.2 Å². The van der Waals surface area contributed by atoms with Crippen LogP contribution in [0.15, 0.2) is 0 Å². The van der Waals surface area contributed by atoms with Crippen LogP contribution >= 0.6 is 11.8 Å². The van der Waals surface area contributed by atoms with Crippen molar-refractivity contribution in [1.82, 2.24) is 4.90 Å². The minimum Gasteiger partial charge on any atom is -1.00 e. The van der Waals surface area contributed by atoms with Crippen LogP contribution in [0.3, 0.4) is 0 Å². The molecule has 0 aromatic heterocycles. The predicted molar refractivity (Wildman–Crippen MR) is 59.4 cm³/mol. The highest BCUT2D eigenvalue weighted by Gasteiger charge is 2.10. The van der Waals surface area contributed by atoms with Gasteiger partial charge < -0.3 is 17.1 Å². The lowest BCUT2D eigenvalue weighted by Crippen LogP contribution is -3.00. The van der Waals surface area contributed by atoms with Crippen molar-refractivity contribution in [3.63, 3.8) is 0 Å². The highest BCUT2D eigenvalue weighted by molar-refractivity contribution is 7.99. The molecule has 0 radical (unpaired) electrons. The Balaban J connectivity index is 0.00000196. The molecule has 0 atom stereocenters. The first kappa shape index (κ1) is 15.1. The molecular weight excluding hydrogens is 234 g/mol. The van der Waals surface area contributed by atoms with Crippen LogP contribution < -0.4 is 12.4 Å². The summed E-state index contributed by atoms with van der Waals surface area (Å²) in [6.45, 7) is 4.71. The number of piperidine rings is 1. The normalized spacial score (nSPS) is 16.9. The summed E-state index contributed by atoms with van der Waals surface area (Å²) in [5, 5.41) is 0. The van der Waals surface area contributed by atoms with Crippen LogP contribution in [0.25, 0.3) is 0 Å². The molecule has 1 aliphatic rings. The molecule has 1 saturated heterocycles. The summed E-state index contributed by atoms with van der Waals surface area (Å²) < 4.78 is 4.85. The minimum absolute atomic E-state index is 0. The van der Waals surface area contributed by atoms with Crippen molar-refractivity contribution in [2.75, 3.05) is 31.3 Å². The van der Waals surface area contributed by atoms with E-state index in [2.05, 4.69) is 4.90 Å². The molecule has 15 heavy (non-hydrogen) atoms. The van der Waals surface area contributed by atoms with Gasteiger partial charge in [-0.2, -0.15) is 0 Å². The Morgan fingerprint density at radius 2 is 2.00 bits per heavy atom. The maximum Gasteiger partial charge on any atom is 0.315 e. The van der Waals surface area contributed by atoms with Gasteiger partial charge in [0.2, 0.25) is 0 Å². The number of hydrogen-bond acceptors (Lipinski definition) is 4. The van der Waals surface area contributed by atoms with Crippen LogP contribution in [0.1, 0.15) is 26.2 Å². The second-order valence-electron chi connectivity index (χ2n) is 3.46. The Morgan fingerprint density at radius 3 is 2.60 bits per heavy atom. The Kier molecular flexibility index (Phi) is 9.35. The predicted octanol–water partition coefficient (Wildman–Crippen LogP) is -1.27.